The van der Waals surface area contributed by atoms with Crippen LogP contribution in [0.15, 0.2) is 48.5 Å². The molecule has 0 aliphatic heterocycles. The molecule has 1 atom stereocenters. The summed E-state index contributed by atoms with van der Waals surface area (Å²) in [6.07, 6.45) is 1.65. The lowest BCUT2D eigenvalue weighted by Crippen LogP contribution is -2.26. The minimum atomic E-state index is -0.275. The summed E-state index contributed by atoms with van der Waals surface area (Å²) in [5.74, 6) is 1.68. The minimum absolute atomic E-state index is 0.0208. The van der Waals surface area contributed by atoms with Crippen molar-refractivity contribution in [2.24, 2.45) is 0 Å². The molecule has 0 saturated heterocycles. The number of hydrogen-bond acceptors (Lipinski definition) is 4. The van der Waals surface area contributed by atoms with Crippen molar-refractivity contribution in [3.05, 3.63) is 60.2 Å². The number of hydrogen-bond donors (Lipinski definition) is 2. The summed E-state index contributed by atoms with van der Waals surface area (Å²) in [7, 11) is 0. The zero-order valence-corrected chi connectivity index (χ0v) is 16.6. The van der Waals surface area contributed by atoms with E-state index < -0.39 is 0 Å². The van der Waals surface area contributed by atoms with Gasteiger partial charge in [-0.05, 0) is 56.2 Å². The van der Waals surface area contributed by atoms with Crippen LogP contribution >= 0.6 is 11.8 Å². The van der Waals surface area contributed by atoms with Crippen LogP contribution in [-0.4, -0.2) is 34.8 Å². The maximum absolute atomic E-state index is 12.8. The maximum Gasteiger partial charge on any atom is 0.230 e. The molecular formula is C21H24FN3O2S. The van der Waals surface area contributed by atoms with Crippen molar-refractivity contribution >= 4 is 28.7 Å². The number of para-hydroxylation sites is 2. The minimum Gasteiger partial charge on any atom is -0.494 e. The first kappa shape index (κ1) is 20.2. The van der Waals surface area contributed by atoms with E-state index in [1.165, 1.54) is 12.1 Å². The SMILES string of the molecule is CC(SCC(=O)NCCCCOc1ccc(F)cc1)c1nc2ccccc2[nH]1. The highest BCUT2D eigenvalue weighted by molar-refractivity contribution is 8.00. The molecule has 1 unspecified atom stereocenters. The zero-order chi connectivity index (χ0) is 19.8. The Labute approximate surface area is 168 Å². The van der Waals surface area contributed by atoms with Gasteiger partial charge in [0.05, 0.1) is 28.6 Å². The number of carbonyl (C=O) groups excluding carboxylic acids is 1. The fourth-order valence-electron chi connectivity index (χ4n) is 2.67. The summed E-state index contributed by atoms with van der Waals surface area (Å²) < 4.78 is 18.3. The number of unbranched alkanes of at least 4 members (excludes halogenated alkanes) is 1. The number of rotatable bonds is 10. The third kappa shape index (κ3) is 5.99. The molecule has 0 aliphatic rings. The highest BCUT2D eigenvalue weighted by Crippen LogP contribution is 2.27. The first-order valence-corrected chi connectivity index (χ1v) is 10.4. The Bertz CT molecular complexity index is 865. The summed E-state index contributed by atoms with van der Waals surface area (Å²) in [6, 6.07) is 13.9. The van der Waals surface area contributed by atoms with Crippen molar-refractivity contribution in [1.82, 2.24) is 15.3 Å². The van der Waals surface area contributed by atoms with Crippen molar-refractivity contribution in [2.45, 2.75) is 25.0 Å². The van der Waals surface area contributed by atoms with E-state index in [2.05, 4.69) is 15.3 Å². The van der Waals surface area contributed by atoms with E-state index in [9.17, 15) is 9.18 Å². The van der Waals surface area contributed by atoms with Gasteiger partial charge in [-0.3, -0.25) is 4.79 Å². The predicted molar refractivity (Wildman–Crippen MR) is 111 cm³/mol. The highest BCUT2D eigenvalue weighted by Gasteiger charge is 2.13. The first-order valence-electron chi connectivity index (χ1n) is 9.33. The van der Waals surface area contributed by atoms with Crippen LogP contribution in [-0.2, 0) is 4.79 Å². The van der Waals surface area contributed by atoms with Gasteiger partial charge in [0, 0.05) is 6.54 Å². The third-order valence-corrected chi connectivity index (χ3v) is 5.38. The van der Waals surface area contributed by atoms with Crippen LogP contribution in [0.1, 0.15) is 30.8 Å². The van der Waals surface area contributed by atoms with Gasteiger partial charge in [-0.25, -0.2) is 9.37 Å². The number of aromatic amines is 1. The molecule has 0 spiro atoms. The van der Waals surface area contributed by atoms with Crippen molar-refractivity contribution < 1.29 is 13.9 Å². The summed E-state index contributed by atoms with van der Waals surface area (Å²) in [6.45, 7) is 3.20. The number of imidazole rings is 1. The molecule has 0 saturated carbocycles. The second-order valence-electron chi connectivity index (χ2n) is 6.45. The lowest BCUT2D eigenvalue weighted by atomic mass is 10.3. The predicted octanol–water partition coefficient (Wildman–Crippen LogP) is 4.47. The van der Waals surface area contributed by atoms with Gasteiger partial charge in [0.25, 0.3) is 0 Å². The van der Waals surface area contributed by atoms with Gasteiger partial charge < -0.3 is 15.0 Å². The van der Waals surface area contributed by atoms with Gasteiger partial charge in [0.15, 0.2) is 0 Å². The van der Waals surface area contributed by atoms with Crippen molar-refractivity contribution in [2.75, 3.05) is 18.9 Å². The van der Waals surface area contributed by atoms with Gasteiger partial charge in [0.1, 0.15) is 17.4 Å². The molecule has 3 aromatic rings. The number of nitrogens with one attached hydrogen (secondary N) is 2. The van der Waals surface area contributed by atoms with Crippen LogP contribution in [0.2, 0.25) is 0 Å². The molecule has 3 rings (SSSR count). The Morgan fingerprint density at radius 3 is 2.79 bits per heavy atom. The summed E-state index contributed by atoms with van der Waals surface area (Å²) in [4.78, 5) is 19.9. The van der Waals surface area contributed by atoms with Gasteiger partial charge in [0.2, 0.25) is 5.91 Å². The largest absolute Gasteiger partial charge is 0.494 e. The summed E-state index contributed by atoms with van der Waals surface area (Å²) in [5, 5.41) is 3.04. The molecule has 148 valence electrons. The molecule has 2 aromatic carbocycles. The Balaban J connectivity index is 1.28. The number of aromatic nitrogens is 2. The zero-order valence-electron chi connectivity index (χ0n) is 15.8. The monoisotopic (exact) mass is 401 g/mol. The number of halogens is 1. The van der Waals surface area contributed by atoms with Crippen molar-refractivity contribution in [3.63, 3.8) is 0 Å². The van der Waals surface area contributed by atoms with Gasteiger partial charge >= 0.3 is 0 Å². The number of nitrogens with zero attached hydrogens (tertiary/aromatic N) is 1. The summed E-state index contributed by atoms with van der Waals surface area (Å²) >= 11 is 1.56. The number of H-pyrrole nitrogens is 1. The number of amides is 1. The molecular weight excluding hydrogens is 377 g/mol. The summed E-state index contributed by atoms with van der Waals surface area (Å²) in [5.41, 5.74) is 1.95. The van der Waals surface area contributed by atoms with E-state index in [1.54, 1.807) is 23.9 Å². The lowest BCUT2D eigenvalue weighted by molar-refractivity contribution is -0.118. The smallest absolute Gasteiger partial charge is 0.230 e. The van der Waals surface area contributed by atoms with Crippen molar-refractivity contribution in [3.8, 4) is 5.75 Å². The Hall–Kier alpha value is -2.54. The number of fused-ring (bicyclic) bond motifs is 1. The van der Waals surface area contributed by atoms with Crippen LogP contribution in [0.25, 0.3) is 11.0 Å². The number of benzene rings is 2. The fourth-order valence-corrected chi connectivity index (χ4v) is 3.44. The van der Waals surface area contributed by atoms with Crippen LogP contribution < -0.4 is 10.1 Å². The molecule has 5 nitrogen and oxygen atoms in total. The molecule has 2 N–H and O–H groups in total. The van der Waals surface area contributed by atoms with Crippen LogP contribution in [0.4, 0.5) is 4.39 Å². The normalized spacial score (nSPS) is 12.1. The maximum atomic E-state index is 12.8. The first-order chi connectivity index (χ1) is 13.6. The second kappa shape index (κ2) is 10.1. The third-order valence-electron chi connectivity index (χ3n) is 4.23. The second-order valence-corrected chi connectivity index (χ2v) is 7.78. The van der Waals surface area contributed by atoms with Crippen LogP contribution in [0.3, 0.4) is 0 Å². The van der Waals surface area contributed by atoms with E-state index in [0.29, 0.717) is 24.7 Å². The molecule has 7 heteroatoms. The quantitative estimate of drug-likeness (QED) is 0.492. The van der Waals surface area contributed by atoms with Gasteiger partial charge in [-0.2, -0.15) is 0 Å². The lowest BCUT2D eigenvalue weighted by Gasteiger charge is -2.09. The van der Waals surface area contributed by atoms with E-state index in [-0.39, 0.29) is 17.0 Å². The molecule has 0 bridgehead atoms. The molecule has 1 heterocycles. The highest BCUT2D eigenvalue weighted by atomic mass is 32.2. The van der Waals surface area contributed by atoms with Crippen LogP contribution in [0.5, 0.6) is 5.75 Å². The molecule has 0 fully saturated rings. The van der Waals surface area contributed by atoms with E-state index in [0.717, 1.165) is 29.7 Å². The topological polar surface area (TPSA) is 67.0 Å². The molecule has 0 aliphatic carbocycles. The average molecular weight is 402 g/mol. The number of carbonyl (C=O) groups is 1. The molecule has 1 amide bonds. The molecule has 0 radical (unpaired) electrons. The van der Waals surface area contributed by atoms with E-state index >= 15 is 0 Å². The number of thioether (sulfide) groups is 1. The van der Waals surface area contributed by atoms with Gasteiger partial charge in [-0.1, -0.05) is 12.1 Å². The number of ether oxygens (including phenoxy) is 1. The van der Waals surface area contributed by atoms with Crippen molar-refractivity contribution in [1.29, 1.82) is 0 Å². The standard InChI is InChI=1S/C21H24FN3O2S/c1-15(21-24-18-6-2-3-7-19(18)25-21)28-14-20(26)23-12-4-5-13-27-17-10-8-16(22)9-11-17/h2-3,6-11,15H,4-5,12-14H2,1H3,(H,23,26)(H,24,25). The van der Waals surface area contributed by atoms with Crippen LogP contribution in [0, 0.1) is 5.82 Å². The van der Waals surface area contributed by atoms with E-state index in [4.69, 9.17) is 4.74 Å². The molecule has 28 heavy (non-hydrogen) atoms. The van der Waals surface area contributed by atoms with Gasteiger partial charge in [-0.15, -0.1) is 11.8 Å². The Morgan fingerprint density at radius 2 is 2.00 bits per heavy atom. The Morgan fingerprint density at radius 1 is 1.21 bits per heavy atom. The van der Waals surface area contributed by atoms with E-state index in [1.807, 2.05) is 31.2 Å². The Kier molecular flexibility index (Phi) is 7.31. The fraction of sp³-hybridized carbons (Fsp3) is 0.333. The average Bonchev–Trinajstić information content (AvgIpc) is 3.14. The molecule has 1 aromatic heterocycles.